The maximum Gasteiger partial charge on any atom is 0.306 e. The van der Waals surface area contributed by atoms with Crippen LogP contribution in [0.2, 0.25) is 0 Å². The van der Waals surface area contributed by atoms with Crippen LogP contribution >= 0.6 is 0 Å². The van der Waals surface area contributed by atoms with Crippen LogP contribution in [0, 0.1) is 0 Å². The van der Waals surface area contributed by atoms with Crippen molar-refractivity contribution in [2.75, 3.05) is 13.2 Å². The molecule has 0 aliphatic heterocycles. The zero-order chi connectivity index (χ0) is 55.0. The van der Waals surface area contributed by atoms with Gasteiger partial charge in [-0.2, -0.15) is 0 Å². The van der Waals surface area contributed by atoms with E-state index in [-0.39, 0.29) is 31.1 Å². The highest BCUT2D eigenvalue weighted by Gasteiger charge is 2.19. The molecule has 0 saturated carbocycles. The van der Waals surface area contributed by atoms with E-state index < -0.39 is 6.10 Å². The third-order valence-corrected chi connectivity index (χ3v) is 15.0. The van der Waals surface area contributed by atoms with E-state index in [0.717, 1.165) is 89.9 Å². The van der Waals surface area contributed by atoms with Gasteiger partial charge in [-0.05, 0) is 77.0 Å². The van der Waals surface area contributed by atoms with Gasteiger partial charge < -0.3 is 14.2 Å². The summed E-state index contributed by atoms with van der Waals surface area (Å²) in [6.07, 6.45) is 81.3. The lowest BCUT2D eigenvalue weighted by atomic mass is 10.0. The van der Waals surface area contributed by atoms with Crippen LogP contribution in [0.15, 0.2) is 48.6 Å². The van der Waals surface area contributed by atoms with Crippen molar-refractivity contribution in [1.82, 2.24) is 0 Å². The van der Waals surface area contributed by atoms with Gasteiger partial charge in [0, 0.05) is 19.3 Å². The number of hydrogen-bond acceptors (Lipinski definition) is 6. The van der Waals surface area contributed by atoms with Crippen molar-refractivity contribution in [3.63, 3.8) is 0 Å². The molecular formula is C70H128O6. The third kappa shape index (κ3) is 62.2. The number of ether oxygens (including phenoxy) is 3. The number of hydrogen-bond donors (Lipinski definition) is 0. The molecule has 0 rings (SSSR count). The maximum atomic E-state index is 12.9. The van der Waals surface area contributed by atoms with Crippen molar-refractivity contribution in [1.29, 1.82) is 0 Å². The Labute approximate surface area is 473 Å². The molecule has 0 aromatic carbocycles. The predicted octanol–water partition coefficient (Wildman–Crippen LogP) is 22.9. The number of carbonyl (C=O) groups is 3. The molecule has 0 aliphatic carbocycles. The van der Waals surface area contributed by atoms with Gasteiger partial charge in [-0.15, -0.1) is 0 Å². The van der Waals surface area contributed by atoms with Crippen molar-refractivity contribution in [2.24, 2.45) is 0 Å². The summed E-state index contributed by atoms with van der Waals surface area (Å²) in [6.45, 7) is 6.60. The second-order valence-corrected chi connectivity index (χ2v) is 22.7. The van der Waals surface area contributed by atoms with E-state index >= 15 is 0 Å². The molecule has 0 saturated heterocycles. The Morgan fingerprint density at radius 3 is 0.803 bits per heavy atom. The zero-order valence-electron chi connectivity index (χ0n) is 51.0. The Hall–Kier alpha value is -2.63. The third-order valence-electron chi connectivity index (χ3n) is 15.0. The van der Waals surface area contributed by atoms with Crippen molar-refractivity contribution < 1.29 is 28.6 Å². The largest absolute Gasteiger partial charge is 0.462 e. The van der Waals surface area contributed by atoms with E-state index in [1.807, 2.05) is 0 Å². The van der Waals surface area contributed by atoms with Gasteiger partial charge in [0.1, 0.15) is 13.2 Å². The molecule has 0 aromatic rings. The van der Waals surface area contributed by atoms with Crippen molar-refractivity contribution in [3.8, 4) is 0 Å². The molecule has 0 bridgehead atoms. The number of carbonyl (C=O) groups excluding carboxylic acids is 3. The summed E-state index contributed by atoms with van der Waals surface area (Å²) in [6, 6.07) is 0. The summed E-state index contributed by atoms with van der Waals surface area (Å²) in [4.78, 5) is 38.3. The molecular weight excluding hydrogens is 937 g/mol. The summed E-state index contributed by atoms with van der Waals surface area (Å²) in [5.41, 5.74) is 0. The molecule has 0 spiro atoms. The highest BCUT2D eigenvalue weighted by Crippen LogP contribution is 2.18. The molecule has 444 valence electrons. The van der Waals surface area contributed by atoms with E-state index in [4.69, 9.17) is 14.2 Å². The minimum atomic E-state index is -0.780. The fourth-order valence-electron chi connectivity index (χ4n) is 9.99. The number of esters is 3. The molecule has 0 aromatic heterocycles. The van der Waals surface area contributed by atoms with Crippen LogP contribution in [0.4, 0.5) is 0 Å². The fourth-order valence-corrected chi connectivity index (χ4v) is 9.99. The van der Waals surface area contributed by atoms with Crippen LogP contribution < -0.4 is 0 Å². The lowest BCUT2D eigenvalue weighted by Gasteiger charge is -2.18. The highest BCUT2D eigenvalue weighted by molar-refractivity contribution is 5.71. The summed E-state index contributed by atoms with van der Waals surface area (Å²) in [5, 5.41) is 0. The van der Waals surface area contributed by atoms with E-state index in [0.29, 0.717) is 19.3 Å². The average Bonchev–Trinajstić information content (AvgIpc) is 3.42. The lowest BCUT2D eigenvalue weighted by molar-refractivity contribution is -0.167. The normalized spacial score (nSPS) is 12.3. The summed E-state index contributed by atoms with van der Waals surface area (Å²) < 4.78 is 16.9. The van der Waals surface area contributed by atoms with Crippen LogP contribution in [0.1, 0.15) is 361 Å². The molecule has 0 amide bonds. The second-order valence-electron chi connectivity index (χ2n) is 22.7. The van der Waals surface area contributed by atoms with Crippen LogP contribution in [0.3, 0.4) is 0 Å². The zero-order valence-corrected chi connectivity index (χ0v) is 51.0. The maximum absolute atomic E-state index is 12.9. The first kappa shape index (κ1) is 73.4. The van der Waals surface area contributed by atoms with E-state index in [1.54, 1.807) is 0 Å². The molecule has 0 heterocycles. The second kappa shape index (κ2) is 64.9. The SMILES string of the molecule is CCC/C=C\C/C=C\CCCCCCCC(=O)OCC(COC(=O)CCCCCCCCCCCCCCCCCCCCCCCCCCCC)OC(=O)CCCCCCCCCCC/C=C\C/C=C\CCCCC. The summed E-state index contributed by atoms with van der Waals surface area (Å²) in [5.74, 6) is -0.873. The minimum absolute atomic E-state index is 0.0758. The van der Waals surface area contributed by atoms with Gasteiger partial charge in [0.25, 0.3) is 0 Å². The molecule has 6 nitrogen and oxygen atoms in total. The van der Waals surface area contributed by atoms with Gasteiger partial charge in [0.15, 0.2) is 6.10 Å². The number of allylic oxidation sites excluding steroid dienone is 8. The van der Waals surface area contributed by atoms with Crippen LogP contribution in [-0.4, -0.2) is 37.2 Å². The molecule has 0 N–H and O–H groups in total. The van der Waals surface area contributed by atoms with Crippen LogP contribution in [0.25, 0.3) is 0 Å². The topological polar surface area (TPSA) is 78.9 Å². The summed E-state index contributed by atoms with van der Waals surface area (Å²) >= 11 is 0. The van der Waals surface area contributed by atoms with Crippen LogP contribution in [-0.2, 0) is 28.6 Å². The first-order valence-electron chi connectivity index (χ1n) is 33.6. The molecule has 6 heteroatoms. The Bertz CT molecular complexity index is 1310. The standard InChI is InChI=1S/C70H128O6/c1-4-7-10-13-16-19-22-25-27-29-31-32-33-34-35-36-37-39-40-42-45-48-51-54-57-60-63-69(72)75-66-67(65-74-68(71)62-59-56-53-50-47-44-24-21-18-15-12-9-6-3)76-70(73)64-61-58-55-52-49-46-43-41-38-30-28-26-23-20-17-14-11-8-5-2/h12,15,17,20-21,24,26,28,67H,4-11,13-14,16,18-19,22-23,25,27,29-66H2,1-3H3/b15-12-,20-17-,24-21-,28-26-. The molecule has 1 unspecified atom stereocenters. The molecule has 0 aliphatic rings. The van der Waals surface area contributed by atoms with Crippen molar-refractivity contribution in [2.45, 2.75) is 367 Å². The molecule has 0 radical (unpaired) electrons. The van der Waals surface area contributed by atoms with Gasteiger partial charge in [-0.3, -0.25) is 14.4 Å². The first-order valence-corrected chi connectivity index (χ1v) is 33.6. The Balaban J connectivity index is 4.23. The Kier molecular flexibility index (Phi) is 62.6. The fraction of sp³-hybridized carbons (Fsp3) is 0.843. The van der Waals surface area contributed by atoms with Crippen molar-refractivity contribution in [3.05, 3.63) is 48.6 Å². The van der Waals surface area contributed by atoms with E-state index in [2.05, 4.69) is 69.4 Å². The molecule has 1 atom stereocenters. The van der Waals surface area contributed by atoms with Gasteiger partial charge in [0.05, 0.1) is 0 Å². The van der Waals surface area contributed by atoms with Gasteiger partial charge >= 0.3 is 17.9 Å². The average molecular weight is 1070 g/mol. The van der Waals surface area contributed by atoms with Gasteiger partial charge in [-0.1, -0.05) is 313 Å². The predicted molar refractivity (Wildman–Crippen MR) is 330 cm³/mol. The summed E-state index contributed by atoms with van der Waals surface area (Å²) in [7, 11) is 0. The Morgan fingerprint density at radius 1 is 0.263 bits per heavy atom. The monoisotopic (exact) mass is 1060 g/mol. The van der Waals surface area contributed by atoms with E-state index in [9.17, 15) is 14.4 Å². The van der Waals surface area contributed by atoms with Gasteiger partial charge in [0.2, 0.25) is 0 Å². The molecule has 76 heavy (non-hydrogen) atoms. The smallest absolute Gasteiger partial charge is 0.306 e. The first-order chi connectivity index (χ1) is 37.5. The highest BCUT2D eigenvalue weighted by atomic mass is 16.6. The van der Waals surface area contributed by atoms with Gasteiger partial charge in [-0.25, -0.2) is 0 Å². The molecule has 0 fully saturated rings. The minimum Gasteiger partial charge on any atom is -0.462 e. The number of rotatable bonds is 62. The lowest BCUT2D eigenvalue weighted by Crippen LogP contribution is -2.30. The number of unbranched alkanes of at least 4 members (excludes halogenated alkanes) is 43. The Morgan fingerprint density at radius 2 is 0.500 bits per heavy atom. The van der Waals surface area contributed by atoms with Crippen molar-refractivity contribution >= 4 is 17.9 Å². The quantitative estimate of drug-likeness (QED) is 0.0261. The van der Waals surface area contributed by atoms with E-state index in [1.165, 1.54) is 231 Å². The van der Waals surface area contributed by atoms with Crippen LogP contribution in [0.5, 0.6) is 0 Å².